The predicted molar refractivity (Wildman–Crippen MR) is 114 cm³/mol. The fraction of sp³-hybridized carbons (Fsp3) is 0.0400. The van der Waals surface area contributed by atoms with Crippen LogP contribution in [0.15, 0.2) is 91.1 Å². The van der Waals surface area contributed by atoms with E-state index in [-0.39, 0.29) is 5.78 Å². The molecule has 0 fully saturated rings. The average Bonchev–Trinajstić information content (AvgIpc) is 2.77. The number of hydrogen-bond acceptors (Lipinski definition) is 3. The van der Waals surface area contributed by atoms with E-state index in [1.807, 2.05) is 54.7 Å². The van der Waals surface area contributed by atoms with Crippen molar-refractivity contribution in [3.05, 3.63) is 102 Å². The summed E-state index contributed by atoms with van der Waals surface area (Å²) in [5, 5.41) is 1.09. The molecule has 0 saturated carbocycles. The van der Waals surface area contributed by atoms with Crippen molar-refractivity contribution in [3.63, 3.8) is 0 Å². The van der Waals surface area contributed by atoms with Gasteiger partial charge in [-0.2, -0.15) is 0 Å². The molecule has 0 aliphatic carbocycles. The van der Waals surface area contributed by atoms with E-state index in [9.17, 15) is 4.79 Å². The molecule has 0 N–H and O–H groups in total. The van der Waals surface area contributed by atoms with Crippen LogP contribution in [0.3, 0.4) is 0 Å². The van der Waals surface area contributed by atoms with Crippen LogP contribution in [0.5, 0.6) is 5.75 Å². The molecule has 0 unspecified atom stereocenters. The van der Waals surface area contributed by atoms with E-state index < -0.39 is 0 Å². The number of ketones is 1. The number of carbonyl (C=O) groups is 1. The molecule has 0 spiro atoms. The lowest BCUT2D eigenvalue weighted by atomic mass is 9.96. The average molecular weight is 365 g/mol. The molecule has 0 amide bonds. The number of allylic oxidation sites excluding steroid dienone is 1. The summed E-state index contributed by atoms with van der Waals surface area (Å²) < 4.78 is 5.14. The van der Waals surface area contributed by atoms with Crippen LogP contribution in [-0.4, -0.2) is 17.9 Å². The summed E-state index contributed by atoms with van der Waals surface area (Å²) in [6, 6.07) is 25.3. The van der Waals surface area contributed by atoms with Crippen molar-refractivity contribution in [3.8, 4) is 16.9 Å². The molecule has 3 aromatic carbocycles. The van der Waals surface area contributed by atoms with Crippen molar-refractivity contribution in [1.29, 1.82) is 0 Å². The minimum Gasteiger partial charge on any atom is -0.497 e. The summed E-state index contributed by atoms with van der Waals surface area (Å²) in [4.78, 5) is 17.0. The monoisotopic (exact) mass is 365 g/mol. The third kappa shape index (κ3) is 3.55. The smallest absolute Gasteiger partial charge is 0.185 e. The van der Waals surface area contributed by atoms with Crippen LogP contribution in [0, 0.1) is 0 Å². The van der Waals surface area contributed by atoms with Gasteiger partial charge in [0.25, 0.3) is 0 Å². The van der Waals surface area contributed by atoms with Gasteiger partial charge in [0.2, 0.25) is 0 Å². The molecule has 28 heavy (non-hydrogen) atoms. The van der Waals surface area contributed by atoms with Crippen molar-refractivity contribution in [2.75, 3.05) is 7.11 Å². The van der Waals surface area contributed by atoms with Crippen LogP contribution in [0.2, 0.25) is 0 Å². The van der Waals surface area contributed by atoms with Crippen LogP contribution in [0.4, 0.5) is 0 Å². The summed E-state index contributed by atoms with van der Waals surface area (Å²) in [5.74, 6) is 0.687. The van der Waals surface area contributed by atoms with Gasteiger partial charge >= 0.3 is 0 Å². The summed E-state index contributed by atoms with van der Waals surface area (Å²) in [5.41, 5.74) is 4.74. The van der Waals surface area contributed by atoms with Gasteiger partial charge in [-0.1, -0.05) is 48.5 Å². The zero-order valence-corrected chi connectivity index (χ0v) is 15.5. The Kier molecular flexibility index (Phi) is 4.98. The van der Waals surface area contributed by atoms with Crippen molar-refractivity contribution >= 4 is 22.8 Å². The number of carbonyl (C=O) groups excluding carboxylic acids is 1. The fourth-order valence-corrected chi connectivity index (χ4v) is 3.24. The topological polar surface area (TPSA) is 39.2 Å². The lowest BCUT2D eigenvalue weighted by Crippen LogP contribution is -1.94. The standard InChI is InChI=1S/C25H19NO2/c1-28-20-13-10-19(11-14-20)25(27)15-12-18-6-2-3-7-21(18)22-16-17-26-24-9-5-4-8-23(22)24/h2-17H,1H3/b15-12+. The maximum atomic E-state index is 12.5. The van der Waals surface area contributed by atoms with Crippen LogP contribution < -0.4 is 4.74 Å². The molecule has 0 aliphatic heterocycles. The number of benzene rings is 3. The van der Waals surface area contributed by atoms with Crippen molar-refractivity contribution in [2.45, 2.75) is 0 Å². The summed E-state index contributed by atoms with van der Waals surface area (Å²) >= 11 is 0. The molecule has 4 aromatic rings. The number of methoxy groups -OCH3 is 1. The Hall–Kier alpha value is -3.72. The van der Waals surface area contributed by atoms with E-state index >= 15 is 0 Å². The molecule has 0 saturated heterocycles. The Balaban J connectivity index is 1.70. The Bertz CT molecular complexity index is 1160. The maximum Gasteiger partial charge on any atom is 0.185 e. The van der Waals surface area contributed by atoms with E-state index in [0.29, 0.717) is 5.56 Å². The predicted octanol–water partition coefficient (Wildman–Crippen LogP) is 5.81. The first-order chi connectivity index (χ1) is 13.8. The first-order valence-electron chi connectivity index (χ1n) is 9.06. The molecular formula is C25H19NO2. The largest absolute Gasteiger partial charge is 0.497 e. The highest BCUT2D eigenvalue weighted by Crippen LogP contribution is 2.30. The third-order valence-corrected chi connectivity index (χ3v) is 4.69. The third-order valence-electron chi connectivity index (χ3n) is 4.69. The van der Waals surface area contributed by atoms with Gasteiger partial charge in [0.15, 0.2) is 5.78 Å². The first kappa shape index (κ1) is 17.7. The molecular weight excluding hydrogens is 346 g/mol. The van der Waals surface area contributed by atoms with Gasteiger partial charge in [-0.05, 0) is 59.2 Å². The van der Waals surface area contributed by atoms with Gasteiger partial charge in [0.05, 0.1) is 12.6 Å². The van der Waals surface area contributed by atoms with E-state index in [1.54, 1.807) is 37.5 Å². The maximum absolute atomic E-state index is 12.5. The number of pyridine rings is 1. The fourth-order valence-electron chi connectivity index (χ4n) is 3.24. The van der Waals surface area contributed by atoms with Gasteiger partial charge in [-0.3, -0.25) is 9.78 Å². The molecule has 3 nitrogen and oxygen atoms in total. The first-order valence-corrected chi connectivity index (χ1v) is 9.06. The number of aromatic nitrogens is 1. The number of hydrogen-bond donors (Lipinski definition) is 0. The highest BCUT2D eigenvalue weighted by Gasteiger charge is 2.08. The van der Waals surface area contributed by atoms with Crippen LogP contribution in [0.25, 0.3) is 28.1 Å². The molecule has 0 atom stereocenters. The van der Waals surface area contributed by atoms with Crippen LogP contribution in [-0.2, 0) is 0 Å². The summed E-state index contributed by atoms with van der Waals surface area (Å²) in [6.07, 6.45) is 5.31. The second-order valence-corrected chi connectivity index (χ2v) is 6.39. The molecule has 1 aromatic heterocycles. The molecule has 1 heterocycles. The van der Waals surface area contributed by atoms with Gasteiger partial charge in [-0.15, -0.1) is 0 Å². The van der Waals surface area contributed by atoms with Gasteiger partial charge in [-0.25, -0.2) is 0 Å². The van der Waals surface area contributed by atoms with E-state index in [2.05, 4.69) is 17.1 Å². The number of nitrogens with zero attached hydrogens (tertiary/aromatic N) is 1. The van der Waals surface area contributed by atoms with E-state index in [0.717, 1.165) is 33.3 Å². The Morgan fingerprint density at radius 1 is 0.857 bits per heavy atom. The van der Waals surface area contributed by atoms with Crippen molar-refractivity contribution in [1.82, 2.24) is 4.98 Å². The molecule has 0 aliphatic rings. The zero-order valence-electron chi connectivity index (χ0n) is 15.5. The molecule has 3 heteroatoms. The highest BCUT2D eigenvalue weighted by atomic mass is 16.5. The SMILES string of the molecule is COc1ccc(C(=O)/C=C/c2ccccc2-c2ccnc3ccccc23)cc1. The van der Waals surface area contributed by atoms with Gasteiger partial charge in [0.1, 0.15) is 5.75 Å². The Morgan fingerprint density at radius 3 is 2.43 bits per heavy atom. The minimum absolute atomic E-state index is 0.0444. The number of para-hydroxylation sites is 1. The number of fused-ring (bicyclic) bond motifs is 1. The second kappa shape index (κ2) is 7.89. The van der Waals surface area contributed by atoms with Gasteiger partial charge in [0, 0.05) is 17.1 Å². The quantitative estimate of drug-likeness (QED) is 0.331. The van der Waals surface area contributed by atoms with Crippen LogP contribution >= 0.6 is 0 Å². The number of ether oxygens (including phenoxy) is 1. The molecule has 0 bridgehead atoms. The molecule has 4 rings (SSSR count). The van der Waals surface area contributed by atoms with Crippen molar-refractivity contribution < 1.29 is 9.53 Å². The Labute approximate surface area is 163 Å². The normalized spacial score (nSPS) is 11.0. The second-order valence-electron chi connectivity index (χ2n) is 6.39. The van der Waals surface area contributed by atoms with Crippen LogP contribution in [0.1, 0.15) is 15.9 Å². The summed E-state index contributed by atoms with van der Waals surface area (Å²) in [6.45, 7) is 0. The molecule has 136 valence electrons. The lowest BCUT2D eigenvalue weighted by molar-refractivity contribution is 0.104. The van der Waals surface area contributed by atoms with Crippen molar-refractivity contribution in [2.24, 2.45) is 0 Å². The highest BCUT2D eigenvalue weighted by molar-refractivity contribution is 6.07. The Morgan fingerprint density at radius 2 is 1.61 bits per heavy atom. The zero-order chi connectivity index (χ0) is 19.3. The lowest BCUT2D eigenvalue weighted by Gasteiger charge is -2.09. The minimum atomic E-state index is -0.0444. The van der Waals surface area contributed by atoms with Gasteiger partial charge < -0.3 is 4.74 Å². The molecule has 0 radical (unpaired) electrons. The summed E-state index contributed by atoms with van der Waals surface area (Å²) in [7, 11) is 1.61. The number of rotatable bonds is 5. The van der Waals surface area contributed by atoms with E-state index in [1.165, 1.54) is 0 Å². The van der Waals surface area contributed by atoms with E-state index in [4.69, 9.17) is 4.74 Å².